The van der Waals surface area contributed by atoms with Crippen LogP contribution < -0.4 is 0 Å². The number of imidazole rings is 1. The molecule has 21 heavy (non-hydrogen) atoms. The standard InChI is InChI=1S/C16H20N2O2S/c1-10(21-2)7-8-18-14-6-5-12(16(19)20)9-13(14)17-15(18)11-3-4-11/h5-6,9-11H,3-4,7-8H2,1-2H3,(H,19,20). The molecule has 0 saturated heterocycles. The predicted molar refractivity (Wildman–Crippen MR) is 86.3 cm³/mol. The molecule has 0 amide bonds. The molecule has 0 spiro atoms. The first kappa shape index (κ1) is 14.4. The van der Waals surface area contributed by atoms with Gasteiger partial charge in [-0.05, 0) is 43.7 Å². The molecule has 1 aromatic carbocycles. The van der Waals surface area contributed by atoms with Crippen molar-refractivity contribution in [1.82, 2.24) is 9.55 Å². The second-order valence-corrected chi connectivity index (χ2v) is 7.02. The van der Waals surface area contributed by atoms with Gasteiger partial charge in [-0.2, -0.15) is 11.8 Å². The van der Waals surface area contributed by atoms with Gasteiger partial charge < -0.3 is 9.67 Å². The number of carboxylic acids is 1. The van der Waals surface area contributed by atoms with Crippen molar-refractivity contribution in [1.29, 1.82) is 0 Å². The van der Waals surface area contributed by atoms with Crippen LogP contribution in [-0.4, -0.2) is 32.1 Å². The van der Waals surface area contributed by atoms with Crippen LogP contribution in [0.3, 0.4) is 0 Å². The van der Waals surface area contributed by atoms with E-state index >= 15 is 0 Å². The lowest BCUT2D eigenvalue weighted by Crippen LogP contribution is -2.07. The summed E-state index contributed by atoms with van der Waals surface area (Å²) in [6.45, 7) is 3.19. The van der Waals surface area contributed by atoms with Gasteiger partial charge in [-0.15, -0.1) is 0 Å². The Labute approximate surface area is 128 Å². The topological polar surface area (TPSA) is 55.1 Å². The van der Waals surface area contributed by atoms with E-state index in [4.69, 9.17) is 10.1 Å². The highest BCUT2D eigenvalue weighted by molar-refractivity contribution is 7.99. The van der Waals surface area contributed by atoms with Crippen LogP contribution in [0.4, 0.5) is 0 Å². The third kappa shape index (κ3) is 2.93. The largest absolute Gasteiger partial charge is 0.478 e. The lowest BCUT2D eigenvalue weighted by molar-refractivity contribution is 0.0697. The Hall–Kier alpha value is -1.49. The Morgan fingerprint density at radius 3 is 2.90 bits per heavy atom. The summed E-state index contributed by atoms with van der Waals surface area (Å²) in [6.07, 6.45) is 5.64. The number of benzene rings is 1. The van der Waals surface area contributed by atoms with Crippen molar-refractivity contribution in [2.75, 3.05) is 6.26 Å². The van der Waals surface area contributed by atoms with E-state index in [-0.39, 0.29) is 0 Å². The molecule has 0 radical (unpaired) electrons. The average molecular weight is 304 g/mol. The normalized spacial score (nSPS) is 16.3. The fourth-order valence-corrected chi connectivity index (χ4v) is 2.94. The Morgan fingerprint density at radius 1 is 1.52 bits per heavy atom. The van der Waals surface area contributed by atoms with Crippen molar-refractivity contribution in [3.8, 4) is 0 Å². The molecule has 1 aliphatic rings. The van der Waals surface area contributed by atoms with Crippen LogP contribution >= 0.6 is 11.8 Å². The number of aromatic carboxylic acids is 1. The minimum absolute atomic E-state index is 0.312. The quantitative estimate of drug-likeness (QED) is 0.883. The molecule has 5 heteroatoms. The van der Waals surface area contributed by atoms with Crippen molar-refractivity contribution in [2.24, 2.45) is 0 Å². The summed E-state index contributed by atoms with van der Waals surface area (Å²) in [4.78, 5) is 15.8. The highest BCUT2D eigenvalue weighted by Gasteiger charge is 2.29. The van der Waals surface area contributed by atoms with Gasteiger partial charge in [0.2, 0.25) is 0 Å². The number of hydrogen-bond donors (Lipinski definition) is 1. The maximum atomic E-state index is 11.1. The van der Waals surface area contributed by atoms with Gasteiger partial charge in [-0.25, -0.2) is 9.78 Å². The Bertz CT molecular complexity index is 676. The minimum Gasteiger partial charge on any atom is -0.478 e. The monoisotopic (exact) mass is 304 g/mol. The van der Waals surface area contributed by atoms with Crippen molar-refractivity contribution in [3.05, 3.63) is 29.6 Å². The zero-order chi connectivity index (χ0) is 15.0. The number of fused-ring (bicyclic) bond motifs is 1. The van der Waals surface area contributed by atoms with E-state index in [9.17, 15) is 4.79 Å². The van der Waals surface area contributed by atoms with Gasteiger partial charge in [0, 0.05) is 17.7 Å². The van der Waals surface area contributed by atoms with Crippen molar-refractivity contribution < 1.29 is 9.90 Å². The molecule has 1 aromatic heterocycles. The summed E-state index contributed by atoms with van der Waals surface area (Å²) in [5.41, 5.74) is 2.19. The number of carbonyl (C=O) groups is 1. The molecular weight excluding hydrogens is 284 g/mol. The predicted octanol–water partition coefficient (Wildman–Crippen LogP) is 3.75. The fourth-order valence-electron chi connectivity index (χ4n) is 2.60. The molecule has 4 nitrogen and oxygen atoms in total. The van der Waals surface area contributed by atoms with Crippen LogP contribution in [0, 0.1) is 0 Å². The average Bonchev–Trinajstić information content (AvgIpc) is 3.26. The molecule has 1 unspecified atom stereocenters. The molecular formula is C16H20N2O2S. The molecule has 1 heterocycles. The highest BCUT2D eigenvalue weighted by Crippen LogP contribution is 2.41. The van der Waals surface area contributed by atoms with Crippen LogP contribution in [0.15, 0.2) is 18.2 Å². The summed E-state index contributed by atoms with van der Waals surface area (Å²) in [5.74, 6) is 0.812. The first-order chi connectivity index (χ1) is 10.1. The summed E-state index contributed by atoms with van der Waals surface area (Å²) in [6, 6.07) is 5.27. The highest BCUT2D eigenvalue weighted by atomic mass is 32.2. The van der Waals surface area contributed by atoms with E-state index in [1.807, 2.05) is 17.8 Å². The lowest BCUT2D eigenvalue weighted by Gasteiger charge is -2.12. The van der Waals surface area contributed by atoms with E-state index in [1.54, 1.807) is 12.1 Å². The maximum absolute atomic E-state index is 11.1. The second-order valence-electron chi connectivity index (χ2n) is 5.74. The number of thioether (sulfide) groups is 1. The van der Waals surface area contributed by atoms with Crippen LogP contribution in [0.5, 0.6) is 0 Å². The Morgan fingerprint density at radius 2 is 2.29 bits per heavy atom. The van der Waals surface area contributed by atoms with Gasteiger partial charge in [-0.1, -0.05) is 6.92 Å². The minimum atomic E-state index is -0.893. The van der Waals surface area contributed by atoms with E-state index in [1.165, 1.54) is 12.8 Å². The molecule has 1 aliphatic carbocycles. The number of rotatable bonds is 6. The van der Waals surface area contributed by atoms with Crippen molar-refractivity contribution >= 4 is 28.8 Å². The summed E-state index contributed by atoms with van der Waals surface area (Å²) in [7, 11) is 0. The van der Waals surface area contributed by atoms with Crippen LogP contribution in [0.2, 0.25) is 0 Å². The molecule has 1 atom stereocenters. The van der Waals surface area contributed by atoms with Gasteiger partial charge in [0.15, 0.2) is 0 Å². The molecule has 1 N–H and O–H groups in total. The van der Waals surface area contributed by atoms with E-state index in [0.717, 1.165) is 29.8 Å². The zero-order valence-corrected chi connectivity index (χ0v) is 13.2. The van der Waals surface area contributed by atoms with Crippen LogP contribution in [-0.2, 0) is 6.54 Å². The Kier molecular flexibility index (Phi) is 3.93. The SMILES string of the molecule is CSC(C)CCn1c(C2CC2)nc2cc(C(=O)O)ccc21. The summed E-state index contributed by atoms with van der Waals surface area (Å²) >= 11 is 1.88. The third-order valence-electron chi connectivity index (χ3n) is 4.13. The van der Waals surface area contributed by atoms with Crippen LogP contribution in [0.1, 0.15) is 48.3 Å². The van der Waals surface area contributed by atoms with E-state index in [2.05, 4.69) is 17.7 Å². The first-order valence-corrected chi connectivity index (χ1v) is 8.65. The number of carboxylic acid groups (broad SMARTS) is 1. The van der Waals surface area contributed by atoms with Gasteiger partial charge in [0.25, 0.3) is 0 Å². The fraction of sp³-hybridized carbons (Fsp3) is 0.500. The smallest absolute Gasteiger partial charge is 0.335 e. The molecule has 3 rings (SSSR count). The second kappa shape index (κ2) is 5.72. The van der Waals surface area contributed by atoms with Gasteiger partial charge in [0.05, 0.1) is 16.6 Å². The molecule has 112 valence electrons. The maximum Gasteiger partial charge on any atom is 0.335 e. The number of aryl methyl sites for hydroxylation is 1. The number of nitrogens with zero attached hydrogens (tertiary/aromatic N) is 2. The molecule has 1 saturated carbocycles. The van der Waals surface area contributed by atoms with E-state index in [0.29, 0.717) is 16.7 Å². The zero-order valence-electron chi connectivity index (χ0n) is 12.4. The number of aromatic nitrogens is 2. The van der Waals surface area contributed by atoms with Crippen molar-refractivity contribution in [2.45, 2.75) is 43.9 Å². The van der Waals surface area contributed by atoms with Crippen molar-refractivity contribution in [3.63, 3.8) is 0 Å². The third-order valence-corrected chi connectivity index (χ3v) is 5.17. The van der Waals surface area contributed by atoms with Crippen LogP contribution in [0.25, 0.3) is 11.0 Å². The van der Waals surface area contributed by atoms with E-state index < -0.39 is 5.97 Å². The number of hydrogen-bond acceptors (Lipinski definition) is 3. The van der Waals surface area contributed by atoms with Gasteiger partial charge in [-0.3, -0.25) is 0 Å². The molecule has 1 fully saturated rings. The summed E-state index contributed by atoms with van der Waals surface area (Å²) in [5, 5.41) is 9.73. The van der Waals surface area contributed by atoms with Gasteiger partial charge >= 0.3 is 5.97 Å². The molecule has 0 bridgehead atoms. The first-order valence-electron chi connectivity index (χ1n) is 7.36. The summed E-state index contributed by atoms with van der Waals surface area (Å²) < 4.78 is 2.30. The molecule has 2 aromatic rings. The van der Waals surface area contributed by atoms with Gasteiger partial charge in [0.1, 0.15) is 5.82 Å². The Balaban J connectivity index is 1.99. The molecule has 0 aliphatic heterocycles. The lowest BCUT2D eigenvalue weighted by atomic mass is 10.2.